The van der Waals surface area contributed by atoms with Gasteiger partial charge in [0, 0.05) is 11.8 Å². The Kier molecular flexibility index (Phi) is 7.56. The van der Waals surface area contributed by atoms with Crippen molar-refractivity contribution in [1.82, 2.24) is 9.71 Å². The maximum atomic E-state index is 12.4. The molecule has 0 aliphatic heterocycles. The Balaban J connectivity index is 2.02. The number of hydrogen-bond acceptors (Lipinski definition) is 5. The zero-order valence-corrected chi connectivity index (χ0v) is 15.2. The summed E-state index contributed by atoms with van der Waals surface area (Å²) in [6.07, 6.45) is 0.953. The van der Waals surface area contributed by atoms with Crippen LogP contribution in [0.4, 0.5) is 4.79 Å². The zero-order chi connectivity index (χ0) is 18.1. The Labute approximate surface area is 150 Å². The number of carbonyl (C=O) groups is 1. The summed E-state index contributed by atoms with van der Waals surface area (Å²) in [6.45, 7) is 4.40. The van der Waals surface area contributed by atoms with Crippen LogP contribution in [0.15, 0.2) is 47.4 Å². The monoisotopic (exact) mass is 362 g/mol. The maximum absolute atomic E-state index is 12.4. The van der Waals surface area contributed by atoms with Gasteiger partial charge in [0.15, 0.2) is 0 Å². The highest BCUT2D eigenvalue weighted by molar-refractivity contribution is 7.90. The Bertz CT molecular complexity index is 682. The van der Waals surface area contributed by atoms with Gasteiger partial charge in [0.2, 0.25) is 4.90 Å². The van der Waals surface area contributed by atoms with Gasteiger partial charge in [0.05, 0.1) is 6.61 Å². The van der Waals surface area contributed by atoms with Gasteiger partial charge in [-0.1, -0.05) is 43.7 Å². The molecule has 0 aliphatic rings. The quantitative estimate of drug-likeness (QED) is 0.574. The largest absolute Gasteiger partial charge is 0.588 e. The SMILES string of the molecule is CCCCOC(=O)N[S@+]([O-])c1ccc(C)nc1OCc1ccccc1. The first-order chi connectivity index (χ1) is 12.1. The molecule has 2 aromatic rings. The van der Waals surface area contributed by atoms with E-state index in [2.05, 4.69) is 9.71 Å². The number of hydrogen-bond donors (Lipinski definition) is 1. The summed E-state index contributed by atoms with van der Waals surface area (Å²) in [4.78, 5) is 16.3. The number of rotatable bonds is 8. The van der Waals surface area contributed by atoms with E-state index in [4.69, 9.17) is 9.47 Å². The second-order valence-electron chi connectivity index (χ2n) is 5.39. The van der Waals surface area contributed by atoms with Crippen LogP contribution in [0.1, 0.15) is 31.0 Å². The van der Waals surface area contributed by atoms with Crippen molar-refractivity contribution < 1.29 is 18.8 Å². The maximum Gasteiger partial charge on any atom is 0.449 e. The van der Waals surface area contributed by atoms with E-state index in [0.29, 0.717) is 18.1 Å². The molecule has 1 heterocycles. The van der Waals surface area contributed by atoms with Gasteiger partial charge < -0.3 is 14.0 Å². The summed E-state index contributed by atoms with van der Waals surface area (Å²) in [5.74, 6) is 0.232. The van der Waals surface area contributed by atoms with Crippen LogP contribution in [0.3, 0.4) is 0 Å². The number of unbranched alkanes of at least 4 members (excludes halogenated alkanes) is 1. The van der Waals surface area contributed by atoms with E-state index in [1.54, 1.807) is 12.1 Å². The van der Waals surface area contributed by atoms with Crippen LogP contribution in [0.2, 0.25) is 0 Å². The number of nitrogens with zero attached hydrogens (tertiary/aromatic N) is 1. The molecule has 2 rings (SSSR count). The molecule has 134 valence electrons. The Morgan fingerprint density at radius 3 is 2.72 bits per heavy atom. The second kappa shape index (κ2) is 9.90. The predicted octanol–water partition coefficient (Wildman–Crippen LogP) is 3.52. The molecule has 1 amide bonds. The molecule has 0 saturated carbocycles. The third-order valence-corrected chi connectivity index (χ3v) is 4.35. The van der Waals surface area contributed by atoms with E-state index >= 15 is 0 Å². The van der Waals surface area contributed by atoms with Crippen molar-refractivity contribution in [3.63, 3.8) is 0 Å². The molecule has 0 unspecified atom stereocenters. The molecule has 1 atom stereocenters. The first kappa shape index (κ1) is 19.1. The fourth-order valence-electron chi connectivity index (χ4n) is 1.96. The number of ether oxygens (including phenoxy) is 2. The topological polar surface area (TPSA) is 83.5 Å². The molecular weight excluding hydrogens is 340 g/mol. The average Bonchev–Trinajstić information content (AvgIpc) is 2.61. The van der Waals surface area contributed by atoms with E-state index < -0.39 is 17.5 Å². The van der Waals surface area contributed by atoms with Crippen molar-refractivity contribution in [2.45, 2.75) is 38.2 Å². The first-order valence-corrected chi connectivity index (χ1v) is 9.24. The van der Waals surface area contributed by atoms with Crippen molar-refractivity contribution in [3.8, 4) is 5.88 Å². The number of benzene rings is 1. The smallest absolute Gasteiger partial charge is 0.449 e. The minimum Gasteiger partial charge on any atom is -0.588 e. The molecule has 7 heteroatoms. The van der Waals surface area contributed by atoms with Crippen LogP contribution in [-0.2, 0) is 22.7 Å². The summed E-state index contributed by atoms with van der Waals surface area (Å²) in [6, 6.07) is 12.9. The molecule has 25 heavy (non-hydrogen) atoms. The minimum atomic E-state index is -1.81. The molecule has 6 nitrogen and oxygen atoms in total. The van der Waals surface area contributed by atoms with Crippen molar-refractivity contribution in [2.75, 3.05) is 6.61 Å². The molecule has 1 N–H and O–H groups in total. The molecule has 0 saturated heterocycles. The third kappa shape index (κ3) is 6.28. The number of aryl methyl sites for hydroxylation is 1. The lowest BCUT2D eigenvalue weighted by molar-refractivity contribution is 0.151. The average molecular weight is 362 g/mol. The van der Waals surface area contributed by atoms with Crippen LogP contribution < -0.4 is 9.46 Å². The molecule has 0 fully saturated rings. The van der Waals surface area contributed by atoms with Crippen molar-refractivity contribution >= 4 is 17.5 Å². The van der Waals surface area contributed by atoms with E-state index in [0.717, 1.165) is 24.1 Å². The van der Waals surface area contributed by atoms with E-state index in [-0.39, 0.29) is 5.88 Å². The highest BCUT2D eigenvalue weighted by Crippen LogP contribution is 2.22. The van der Waals surface area contributed by atoms with Crippen molar-refractivity contribution in [1.29, 1.82) is 0 Å². The zero-order valence-electron chi connectivity index (χ0n) is 14.4. The van der Waals surface area contributed by atoms with Gasteiger partial charge in [0.25, 0.3) is 5.88 Å². The number of pyridine rings is 1. The van der Waals surface area contributed by atoms with Crippen LogP contribution in [0.5, 0.6) is 5.88 Å². The van der Waals surface area contributed by atoms with Gasteiger partial charge in [-0.15, -0.1) is 4.72 Å². The third-order valence-electron chi connectivity index (χ3n) is 3.29. The standard InChI is InChI=1S/C18H22N2O4S/c1-3-4-12-23-18(21)20-25(22)16-11-10-14(2)19-17(16)24-13-15-8-6-5-7-9-15/h5-11H,3-4,12-13H2,1-2H3,(H,20,21)/t25-/m1/s1. The second-order valence-corrected chi connectivity index (χ2v) is 6.57. The van der Waals surface area contributed by atoms with E-state index in [1.165, 1.54) is 0 Å². The molecule has 1 aromatic carbocycles. The van der Waals surface area contributed by atoms with Crippen molar-refractivity contribution in [2.24, 2.45) is 0 Å². The van der Waals surface area contributed by atoms with Gasteiger partial charge in [-0.2, -0.15) is 0 Å². The summed E-state index contributed by atoms with van der Waals surface area (Å²) >= 11 is -1.81. The van der Waals surface area contributed by atoms with Gasteiger partial charge in [-0.3, -0.25) is 0 Å². The van der Waals surface area contributed by atoms with Crippen LogP contribution in [0, 0.1) is 6.92 Å². The van der Waals surface area contributed by atoms with Crippen LogP contribution >= 0.6 is 0 Å². The van der Waals surface area contributed by atoms with Crippen LogP contribution in [0.25, 0.3) is 0 Å². The summed E-state index contributed by atoms with van der Waals surface area (Å²) in [5, 5.41) is 0. The highest BCUT2D eigenvalue weighted by atomic mass is 32.2. The Morgan fingerprint density at radius 1 is 1.24 bits per heavy atom. The Morgan fingerprint density at radius 2 is 2.00 bits per heavy atom. The summed E-state index contributed by atoms with van der Waals surface area (Å²) < 4.78 is 25.4. The van der Waals surface area contributed by atoms with Crippen LogP contribution in [-0.4, -0.2) is 22.2 Å². The molecule has 1 aromatic heterocycles. The summed E-state index contributed by atoms with van der Waals surface area (Å²) in [5.41, 5.74) is 1.70. The lowest BCUT2D eigenvalue weighted by Gasteiger charge is -2.14. The molecular formula is C18H22N2O4S. The van der Waals surface area contributed by atoms with Gasteiger partial charge in [0.1, 0.15) is 18.0 Å². The minimum absolute atomic E-state index is 0.232. The number of amides is 1. The molecule has 0 bridgehead atoms. The summed E-state index contributed by atoms with van der Waals surface area (Å²) in [7, 11) is 0. The lowest BCUT2D eigenvalue weighted by Crippen LogP contribution is -2.31. The fourth-order valence-corrected chi connectivity index (χ4v) is 2.73. The molecule has 0 spiro atoms. The number of nitrogens with one attached hydrogen (secondary N) is 1. The van der Waals surface area contributed by atoms with E-state index in [1.807, 2.05) is 44.2 Å². The number of carbonyl (C=O) groups excluding carboxylic acids is 1. The van der Waals surface area contributed by atoms with Crippen molar-refractivity contribution in [3.05, 3.63) is 53.7 Å². The van der Waals surface area contributed by atoms with Gasteiger partial charge in [-0.25, -0.2) is 9.78 Å². The first-order valence-electron chi connectivity index (χ1n) is 8.09. The predicted molar refractivity (Wildman–Crippen MR) is 95.5 cm³/mol. The number of aromatic nitrogens is 1. The normalized spacial score (nSPS) is 11.6. The molecule has 0 aliphatic carbocycles. The van der Waals surface area contributed by atoms with Gasteiger partial charge >= 0.3 is 6.09 Å². The highest BCUT2D eigenvalue weighted by Gasteiger charge is 2.23. The van der Waals surface area contributed by atoms with E-state index in [9.17, 15) is 9.35 Å². The fraction of sp³-hybridized carbons (Fsp3) is 0.333. The van der Waals surface area contributed by atoms with Gasteiger partial charge in [-0.05, 0) is 25.0 Å². The molecule has 0 radical (unpaired) electrons. The Hall–Kier alpha value is -2.25. The lowest BCUT2D eigenvalue weighted by atomic mass is 10.2.